The van der Waals surface area contributed by atoms with E-state index >= 15 is 0 Å². The molecule has 0 saturated heterocycles. The van der Waals surface area contributed by atoms with E-state index < -0.39 is 0 Å². The highest BCUT2D eigenvalue weighted by Gasteiger charge is 2.18. The lowest BCUT2D eigenvalue weighted by atomic mass is 10.1. The first kappa shape index (κ1) is 15.0. The number of aromatic nitrogens is 2. The molecule has 1 unspecified atom stereocenters. The van der Waals surface area contributed by atoms with Crippen molar-refractivity contribution in [2.75, 3.05) is 11.9 Å². The lowest BCUT2D eigenvalue weighted by Crippen LogP contribution is -2.19. The zero-order valence-corrected chi connectivity index (χ0v) is 15.2. The number of hydrogen-bond acceptors (Lipinski definition) is 6. The molecule has 5 rings (SSSR count). The summed E-state index contributed by atoms with van der Waals surface area (Å²) in [5.74, 6) is 0. The number of thiazole rings is 1. The van der Waals surface area contributed by atoms with Crippen molar-refractivity contribution in [3.63, 3.8) is 0 Å². The molecule has 0 fully saturated rings. The Balaban J connectivity index is 1.55. The molecule has 1 aromatic carbocycles. The fourth-order valence-electron chi connectivity index (χ4n) is 3.23. The summed E-state index contributed by atoms with van der Waals surface area (Å²) in [7, 11) is 0. The molecule has 0 spiro atoms. The van der Waals surface area contributed by atoms with E-state index in [1.54, 1.807) is 22.7 Å². The van der Waals surface area contributed by atoms with Crippen LogP contribution < -0.4 is 10.6 Å². The predicted octanol–water partition coefficient (Wildman–Crippen LogP) is 5.02. The molecule has 25 heavy (non-hydrogen) atoms. The van der Waals surface area contributed by atoms with E-state index in [1.807, 2.05) is 17.8 Å². The van der Waals surface area contributed by atoms with Crippen LogP contribution in [-0.2, 0) is 0 Å². The number of anilines is 2. The van der Waals surface area contributed by atoms with Crippen molar-refractivity contribution in [1.82, 2.24) is 15.3 Å². The van der Waals surface area contributed by atoms with Crippen LogP contribution in [0.4, 0.5) is 11.4 Å². The molecule has 4 nitrogen and oxygen atoms in total. The maximum Gasteiger partial charge on any atom is 0.125 e. The Morgan fingerprint density at radius 1 is 1.20 bits per heavy atom. The second-order valence-electron chi connectivity index (χ2n) is 6.14. The summed E-state index contributed by atoms with van der Waals surface area (Å²) in [5.41, 5.74) is 6.42. The largest absolute Gasteiger partial charge is 0.355 e. The fourth-order valence-corrected chi connectivity index (χ4v) is 5.04. The molecule has 0 saturated carbocycles. The number of rotatable bonds is 3. The summed E-state index contributed by atoms with van der Waals surface area (Å²) >= 11 is 3.42. The van der Waals surface area contributed by atoms with Crippen LogP contribution in [0.25, 0.3) is 26.0 Å². The summed E-state index contributed by atoms with van der Waals surface area (Å²) in [4.78, 5) is 11.3. The molecule has 0 radical (unpaired) electrons. The summed E-state index contributed by atoms with van der Waals surface area (Å²) in [6.07, 6.45) is 4.15. The molecule has 0 aliphatic carbocycles. The van der Waals surface area contributed by atoms with Crippen molar-refractivity contribution in [2.24, 2.45) is 0 Å². The number of fused-ring (bicyclic) bond motifs is 2. The van der Waals surface area contributed by atoms with Crippen LogP contribution in [0.15, 0.2) is 48.1 Å². The molecule has 0 bridgehead atoms. The zero-order valence-electron chi connectivity index (χ0n) is 13.6. The van der Waals surface area contributed by atoms with Crippen LogP contribution in [0.5, 0.6) is 0 Å². The molecular weight excluding hydrogens is 348 g/mol. The van der Waals surface area contributed by atoms with Crippen LogP contribution in [0.1, 0.15) is 11.8 Å². The van der Waals surface area contributed by atoms with Crippen molar-refractivity contribution in [2.45, 2.75) is 13.0 Å². The van der Waals surface area contributed by atoms with E-state index in [0.717, 1.165) is 28.3 Å². The van der Waals surface area contributed by atoms with E-state index in [2.05, 4.69) is 57.9 Å². The maximum atomic E-state index is 4.56. The first-order valence-corrected chi connectivity index (χ1v) is 9.90. The lowest BCUT2D eigenvalue weighted by Gasteiger charge is -2.07. The van der Waals surface area contributed by atoms with Gasteiger partial charge in [-0.25, -0.2) is 9.97 Å². The molecule has 1 atom stereocenters. The number of benzene rings is 1. The Bertz CT molecular complexity index is 1110. The van der Waals surface area contributed by atoms with Gasteiger partial charge in [0.2, 0.25) is 0 Å². The number of nitrogens with one attached hydrogen (secondary N) is 2. The smallest absolute Gasteiger partial charge is 0.125 e. The summed E-state index contributed by atoms with van der Waals surface area (Å²) in [6, 6.07) is 11.0. The van der Waals surface area contributed by atoms with Crippen LogP contribution in [0.3, 0.4) is 0 Å². The highest BCUT2D eigenvalue weighted by Crippen LogP contribution is 2.36. The molecule has 1 aliphatic heterocycles. The van der Waals surface area contributed by atoms with Gasteiger partial charge in [0.15, 0.2) is 0 Å². The summed E-state index contributed by atoms with van der Waals surface area (Å²) < 4.78 is 1.21. The van der Waals surface area contributed by atoms with Gasteiger partial charge < -0.3 is 10.6 Å². The minimum atomic E-state index is 0.400. The molecule has 4 heterocycles. The third-order valence-electron chi connectivity index (χ3n) is 4.54. The third-order valence-corrected chi connectivity index (χ3v) is 6.44. The Morgan fingerprint density at radius 2 is 2.16 bits per heavy atom. The van der Waals surface area contributed by atoms with Crippen molar-refractivity contribution in [3.05, 3.63) is 53.0 Å². The van der Waals surface area contributed by atoms with Crippen LogP contribution in [0.2, 0.25) is 0 Å². The Kier molecular flexibility index (Phi) is 3.55. The summed E-state index contributed by atoms with van der Waals surface area (Å²) in [5, 5.41) is 8.16. The Labute approximate surface area is 153 Å². The Morgan fingerprint density at radius 3 is 3.04 bits per heavy atom. The Hall–Kier alpha value is -2.28. The van der Waals surface area contributed by atoms with E-state index in [9.17, 15) is 0 Å². The number of hydrogen-bond donors (Lipinski definition) is 2. The first-order valence-electron chi connectivity index (χ1n) is 8.20. The first-order chi connectivity index (χ1) is 12.3. The molecule has 4 aromatic rings. The molecule has 124 valence electrons. The number of pyridine rings is 1. The number of thiophene rings is 1. The fraction of sp³-hybridized carbons (Fsp3) is 0.158. The van der Waals surface area contributed by atoms with Crippen molar-refractivity contribution in [1.29, 1.82) is 0 Å². The average Bonchev–Trinajstić information content (AvgIpc) is 3.32. The van der Waals surface area contributed by atoms with Crippen LogP contribution >= 0.6 is 22.7 Å². The second kappa shape index (κ2) is 5.91. The van der Waals surface area contributed by atoms with Crippen molar-refractivity contribution in [3.8, 4) is 0 Å². The molecule has 2 N–H and O–H groups in total. The van der Waals surface area contributed by atoms with Crippen molar-refractivity contribution >= 4 is 60.1 Å². The molecule has 0 amide bonds. The van der Waals surface area contributed by atoms with E-state index in [0.29, 0.717) is 6.04 Å². The van der Waals surface area contributed by atoms with Gasteiger partial charge in [0, 0.05) is 34.7 Å². The van der Waals surface area contributed by atoms with Gasteiger partial charge in [-0.15, -0.1) is 22.7 Å². The van der Waals surface area contributed by atoms with Gasteiger partial charge in [0.25, 0.3) is 0 Å². The van der Waals surface area contributed by atoms with E-state index in [-0.39, 0.29) is 0 Å². The quantitative estimate of drug-likeness (QED) is 0.536. The van der Waals surface area contributed by atoms with Gasteiger partial charge >= 0.3 is 0 Å². The third kappa shape index (κ3) is 2.63. The number of nitrogens with zero attached hydrogens (tertiary/aromatic N) is 2. The van der Waals surface area contributed by atoms with Crippen LogP contribution in [0, 0.1) is 0 Å². The van der Waals surface area contributed by atoms with Gasteiger partial charge in [0.05, 0.1) is 21.4 Å². The SMILES string of the molecule is CC1NCC=C1c1cc2c(Nc3ccc4scnc4c3)ccnc2s1. The zero-order chi connectivity index (χ0) is 16.8. The molecule has 3 aromatic heterocycles. The standard InChI is InChI=1S/C19H16N4S2/c1-11-13(4-6-20-11)18-9-14-15(5-7-21-19(14)25-18)23-12-2-3-17-16(8-12)22-10-24-17/h2-5,7-11,20H,6H2,1H3,(H,21,23). The molecular formula is C19H16N4S2. The molecule has 1 aliphatic rings. The van der Waals surface area contributed by atoms with Gasteiger partial charge in [-0.2, -0.15) is 0 Å². The topological polar surface area (TPSA) is 49.8 Å². The molecule has 6 heteroatoms. The maximum absolute atomic E-state index is 4.56. The van der Waals surface area contributed by atoms with Gasteiger partial charge in [-0.05, 0) is 42.8 Å². The van der Waals surface area contributed by atoms with Crippen LogP contribution in [-0.4, -0.2) is 22.6 Å². The minimum Gasteiger partial charge on any atom is -0.355 e. The summed E-state index contributed by atoms with van der Waals surface area (Å²) in [6.45, 7) is 3.15. The normalized spacial score (nSPS) is 17.3. The van der Waals surface area contributed by atoms with Gasteiger partial charge in [-0.1, -0.05) is 6.08 Å². The van der Waals surface area contributed by atoms with Gasteiger partial charge in [-0.3, -0.25) is 0 Å². The minimum absolute atomic E-state index is 0.400. The van der Waals surface area contributed by atoms with Crippen molar-refractivity contribution < 1.29 is 0 Å². The highest BCUT2D eigenvalue weighted by molar-refractivity contribution is 7.19. The predicted molar refractivity (Wildman–Crippen MR) is 108 cm³/mol. The average molecular weight is 364 g/mol. The van der Waals surface area contributed by atoms with E-state index in [1.165, 1.54) is 20.5 Å². The lowest BCUT2D eigenvalue weighted by molar-refractivity contribution is 0.737. The monoisotopic (exact) mass is 364 g/mol. The second-order valence-corrected chi connectivity index (χ2v) is 8.05. The highest BCUT2D eigenvalue weighted by atomic mass is 32.1. The van der Waals surface area contributed by atoms with Gasteiger partial charge in [0.1, 0.15) is 4.83 Å². The van der Waals surface area contributed by atoms with E-state index in [4.69, 9.17) is 0 Å².